The number of ether oxygens (including phenoxy) is 1. The maximum Gasteiger partial charge on any atom is 0.229 e. The Morgan fingerprint density at radius 2 is 2.03 bits per heavy atom. The van der Waals surface area contributed by atoms with Crippen LogP contribution in [0.1, 0.15) is 24.1 Å². The van der Waals surface area contributed by atoms with E-state index in [0.717, 1.165) is 57.5 Å². The van der Waals surface area contributed by atoms with Crippen molar-refractivity contribution in [3.05, 3.63) is 53.5 Å². The zero-order chi connectivity index (χ0) is 21.0. The standard InChI is InChI=1S/C23H25N5O2S/c29-14-18-7-8-20(31-18)21-19-9-12-25-22(19)28-23(27-21)26-16-3-5-17(6-4-16)30-13-10-15-2-1-11-24-15/h3-9,12,15,24,29H,1-2,10-11,13-14H2,(H2,25,26,27,28). The van der Waals surface area contributed by atoms with Gasteiger partial charge in [0.2, 0.25) is 5.95 Å². The summed E-state index contributed by atoms with van der Waals surface area (Å²) >= 11 is 1.53. The van der Waals surface area contributed by atoms with Crippen LogP contribution in [0.3, 0.4) is 0 Å². The molecule has 1 aromatic carbocycles. The molecule has 0 radical (unpaired) electrons. The van der Waals surface area contributed by atoms with Crippen LogP contribution in [0.2, 0.25) is 0 Å². The van der Waals surface area contributed by atoms with E-state index in [0.29, 0.717) is 12.0 Å². The number of aliphatic hydroxyl groups excluding tert-OH is 1. The van der Waals surface area contributed by atoms with Gasteiger partial charge in [0.25, 0.3) is 0 Å². The van der Waals surface area contributed by atoms with Gasteiger partial charge in [-0.2, -0.15) is 4.98 Å². The van der Waals surface area contributed by atoms with Gasteiger partial charge in [-0.3, -0.25) is 0 Å². The summed E-state index contributed by atoms with van der Waals surface area (Å²) in [6, 6.07) is 14.3. The summed E-state index contributed by atoms with van der Waals surface area (Å²) in [6.45, 7) is 1.87. The Bertz CT molecular complexity index is 1150. The molecule has 0 amide bonds. The van der Waals surface area contributed by atoms with Crippen molar-refractivity contribution in [3.63, 3.8) is 0 Å². The molecule has 0 bridgehead atoms. The molecule has 1 atom stereocenters. The van der Waals surface area contributed by atoms with E-state index >= 15 is 0 Å². The van der Waals surface area contributed by atoms with Crippen LogP contribution in [0.5, 0.6) is 5.75 Å². The minimum absolute atomic E-state index is 0.0305. The van der Waals surface area contributed by atoms with E-state index in [9.17, 15) is 5.11 Å². The second kappa shape index (κ2) is 9.05. The minimum atomic E-state index is 0.0305. The van der Waals surface area contributed by atoms with Gasteiger partial charge in [-0.1, -0.05) is 0 Å². The molecule has 1 aliphatic heterocycles. The molecular formula is C23H25N5O2S. The van der Waals surface area contributed by atoms with Crippen LogP contribution in [0, 0.1) is 0 Å². The first kappa shape index (κ1) is 20.0. The van der Waals surface area contributed by atoms with Crippen LogP contribution >= 0.6 is 11.3 Å². The van der Waals surface area contributed by atoms with Crippen LogP contribution in [0.4, 0.5) is 11.6 Å². The second-order valence-corrected chi connectivity index (χ2v) is 8.81. The SMILES string of the molecule is OCc1ccc(-c2nc(Nc3ccc(OCCC4CCCN4)cc3)nc3[nH]ccc23)s1. The summed E-state index contributed by atoms with van der Waals surface area (Å²) in [5.74, 6) is 1.38. The third-order valence-corrected chi connectivity index (χ3v) is 6.55. The predicted molar refractivity (Wildman–Crippen MR) is 124 cm³/mol. The van der Waals surface area contributed by atoms with Crippen LogP contribution in [-0.4, -0.2) is 39.3 Å². The summed E-state index contributed by atoms with van der Waals surface area (Å²) in [6.07, 6.45) is 5.40. The van der Waals surface area contributed by atoms with E-state index in [2.05, 4.69) is 20.6 Å². The molecule has 1 aliphatic rings. The fourth-order valence-electron chi connectivity index (χ4n) is 3.86. The molecule has 0 saturated carbocycles. The van der Waals surface area contributed by atoms with E-state index in [-0.39, 0.29) is 6.61 Å². The molecule has 4 N–H and O–H groups in total. The van der Waals surface area contributed by atoms with E-state index in [1.165, 1.54) is 24.2 Å². The molecule has 5 rings (SSSR count). The fraction of sp³-hybridized carbons (Fsp3) is 0.304. The van der Waals surface area contributed by atoms with Gasteiger partial charge in [-0.05, 0) is 68.3 Å². The summed E-state index contributed by atoms with van der Waals surface area (Å²) < 4.78 is 5.89. The van der Waals surface area contributed by atoms with Crippen LogP contribution in [0.15, 0.2) is 48.7 Å². The van der Waals surface area contributed by atoms with Crippen molar-refractivity contribution in [1.29, 1.82) is 0 Å². The lowest BCUT2D eigenvalue weighted by molar-refractivity contribution is 0.285. The number of rotatable bonds is 8. The molecular weight excluding hydrogens is 410 g/mol. The molecule has 3 aromatic heterocycles. The molecule has 4 heterocycles. The Kier molecular flexibility index (Phi) is 5.84. The van der Waals surface area contributed by atoms with Gasteiger partial charge in [-0.15, -0.1) is 11.3 Å². The number of nitrogens with zero attached hydrogens (tertiary/aromatic N) is 2. The van der Waals surface area contributed by atoms with E-state index in [4.69, 9.17) is 9.72 Å². The number of nitrogens with one attached hydrogen (secondary N) is 3. The number of fused-ring (bicyclic) bond motifs is 1. The summed E-state index contributed by atoms with van der Waals surface area (Å²) in [5.41, 5.74) is 2.51. The fourth-order valence-corrected chi connectivity index (χ4v) is 4.73. The lowest BCUT2D eigenvalue weighted by Gasteiger charge is -2.12. The molecule has 8 heteroatoms. The smallest absolute Gasteiger partial charge is 0.229 e. The molecule has 0 aliphatic carbocycles. The highest BCUT2D eigenvalue weighted by Crippen LogP contribution is 2.33. The van der Waals surface area contributed by atoms with Crippen molar-refractivity contribution < 1.29 is 9.84 Å². The molecule has 1 saturated heterocycles. The Balaban J connectivity index is 1.29. The molecule has 0 spiro atoms. The number of H-pyrrole nitrogens is 1. The van der Waals surface area contributed by atoms with E-state index in [1.54, 1.807) is 0 Å². The average molecular weight is 436 g/mol. The summed E-state index contributed by atoms with van der Waals surface area (Å²) in [7, 11) is 0. The highest BCUT2D eigenvalue weighted by atomic mass is 32.1. The summed E-state index contributed by atoms with van der Waals surface area (Å²) in [5, 5.41) is 17.1. The van der Waals surface area contributed by atoms with Gasteiger partial charge in [0.15, 0.2) is 0 Å². The molecule has 31 heavy (non-hydrogen) atoms. The van der Waals surface area contributed by atoms with Gasteiger partial charge >= 0.3 is 0 Å². The van der Waals surface area contributed by atoms with Crippen molar-refractivity contribution in [2.45, 2.75) is 31.9 Å². The highest BCUT2D eigenvalue weighted by molar-refractivity contribution is 7.15. The second-order valence-electron chi connectivity index (χ2n) is 7.64. The molecule has 1 fully saturated rings. The molecule has 4 aromatic rings. The predicted octanol–water partition coefficient (Wildman–Crippen LogP) is 4.44. The van der Waals surface area contributed by atoms with Crippen molar-refractivity contribution in [2.75, 3.05) is 18.5 Å². The topological polar surface area (TPSA) is 95.1 Å². The Hall–Kier alpha value is -2.94. The van der Waals surface area contributed by atoms with Gasteiger partial charge in [0, 0.05) is 28.2 Å². The van der Waals surface area contributed by atoms with Gasteiger partial charge in [-0.25, -0.2) is 4.98 Å². The zero-order valence-electron chi connectivity index (χ0n) is 17.1. The first-order chi connectivity index (χ1) is 15.3. The quantitative estimate of drug-likeness (QED) is 0.327. The van der Waals surface area contributed by atoms with Crippen LogP contribution < -0.4 is 15.4 Å². The number of aliphatic hydroxyl groups is 1. The normalized spacial score (nSPS) is 16.1. The highest BCUT2D eigenvalue weighted by Gasteiger charge is 2.14. The first-order valence-corrected chi connectivity index (χ1v) is 11.4. The maximum atomic E-state index is 9.40. The average Bonchev–Trinajstić information content (AvgIpc) is 3.56. The first-order valence-electron chi connectivity index (χ1n) is 10.6. The Labute approximate surface area is 184 Å². The number of aromatic nitrogens is 3. The lowest BCUT2D eigenvalue weighted by Crippen LogP contribution is -2.23. The number of benzene rings is 1. The third-order valence-electron chi connectivity index (χ3n) is 5.47. The number of thiophene rings is 1. The van der Waals surface area contributed by atoms with Crippen LogP contribution in [-0.2, 0) is 6.61 Å². The van der Waals surface area contributed by atoms with Gasteiger partial charge < -0.3 is 25.5 Å². The number of hydrogen-bond donors (Lipinski definition) is 4. The largest absolute Gasteiger partial charge is 0.494 e. The van der Waals surface area contributed by atoms with E-state index in [1.807, 2.05) is 48.7 Å². The third kappa shape index (κ3) is 4.56. The number of aromatic amines is 1. The molecule has 1 unspecified atom stereocenters. The number of hydrogen-bond acceptors (Lipinski definition) is 7. The maximum absolute atomic E-state index is 9.40. The van der Waals surface area contributed by atoms with Crippen molar-refractivity contribution in [3.8, 4) is 16.3 Å². The Morgan fingerprint density at radius 3 is 2.81 bits per heavy atom. The van der Waals surface area contributed by atoms with E-state index < -0.39 is 0 Å². The van der Waals surface area contributed by atoms with Crippen molar-refractivity contribution >= 4 is 34.0 Å². The van der Waals surface area contributed by atoms with Gasteiger partial charge in [0.05, 0.1) is 23.8 Å². The number of anilines is 2. The van der Waals surface area contributed by atoms with Crippen molar-refractivity contribution in [2.24, 2.45) is 0 Å². The lowest BCUT2D eigenvalue weighted by atomic mass is 10.2. The van der Waals surface area contributed by atoms with Crippen molar-refractivity contribution in [1.82, 2.24) is 20.3 Å². The molecule has 160 valence electrons. The molecule has 7 nitrogen and oxygen atoms in total. The summed E-state index contributed by atoms with van der Waals surface area (Å²) in [4.78, 5) is 14.4. The zero-order valence-corrected chi connectivity index (χ0v) is 17.9. The van der Waals surface area contributed by atoms with Gasteiger partial charge in [0.1, 0.15) is 11.4 Å². The van der Waals surface area contributed by atoms with Crippen LogP contribution in [0.25, 0.3) is 21.6 Å². The monoisotopic (exact) mass is 435 g/mol. The Morgan fingerprint density at radius 1 is 1.13 bits per heavy atom. The minimum Gasteiger partial charge on any atom is -0.494 e.